The zero-order valence-corrected chi connectivity index (χ0v) is 7.94. The van der Waals surface area contributed by atoms with Gasteiger partial charge in [-0.05, 0) is 6.26 Å². The molecule has 0 spiro atoms. The van der Waals surface area contributed by atoms with Crippen molar-refractivity contribution in [2.24, 2.45) is 0 Å². The maximum atomic E-state index is 13.0. The van der Waals surface area contributed by atoms with Gasteiger partial charge in [0.1, 0.15) is 0 Å². The lowest BCUT2D eigenvalue weighted by molar-refractivity contribution is 0.310. The number of nitrogens with zero attached hydrogens (tertiary/aromatic N) is 2. The number of halogens is 1. The highest BCUT2D eigenvalue weighted by molar-refractivity contribution is 7.98. The van der Waals surface area contributed by atoms with Crippen molar-refractivity contribution in [3.8, 4) is 0 Å². The van der Waals surface area contributed by atoms with E-state index in [1.54, 1.807) is 0 Å². The van der Waals surface area contributed by atoms with E-state index >= 15 is 0 Å². The molecule has 0 aliphatic heterocycles. The van der Waals surface area contributed by atoms with Gasteiger partial charge in [0.2, 0.25) is 0 Å². The molecule has 4 nitrogen and oxygen atoms in total. The highest BCUT2D eigenvalue weighted by Crippen LogP contribution is 2.14. The first-order valence-corrected chi connectivity index (χ1v) is 4.91. The molecule has 0 amide bonds. The van der Waals surface area contributed by atoms with Crippen LogP contribution in [0.3, 0.4) is 0 Å². The summed E-state index contributed by atoms with van der Waals surface area (Å²) in [6.45, 7) is 0.222. The van der Waals surface area contributed by atoms with Crippen LogP contribution in [0.2, 0.25) is 0 Å². The summed E-state index contributed by atoms with van der Waals surface area (Å²) >= 11 is 1.33. The standard InChI is InChI=1S/C7H10FN3OS/c1-13-7-10-4-5(8)6(11-7)9-2-3-12/h4,12H,2-3H2,1H3,(H,9,10,11). The molecule has 1 aromatic rings. The Morgan fingerprint density at radius 1 is 1.69 bits per heavy atom. The Balaban J connectivity index is 2.78. The Morgan fingerprint density at radius 2 is 2.46 bits per heavy atom. The Labute approximate surface area is 79.6 Å². The van der Waals surface area contributed by atoms with E-state index in [2.05, 4.69) is 15.3 Å². The van der Waals surface area contributed by atoms with Gasteiger partial charge in [-0.25, -0.2) is 14.4 Å². The van der Waals surface area contributed by atoms with Gasteiger partial charge in [-0.1, -0.05) is 11.8 Å². The molecule has 72 valence electrons. The van der Waals surface area contributed by atoms with Crippen molar-refractivity contribution in [1.29, 1.82) is 0 Å². The molecule has 0 atom stereocenters. The smallest absolute Gasteiger partial charge is 0.189 e. The molecular weight excluding hydrogens is 193 g/mol. The second kappa shape index (κ2) is 4.98. The van der Waals surface area contributed by atoms with Crippen LogP contribution < -0.4 is 5.32 Å². The molecule has 0 unspecified atom stereocenters. The van der Waals surface area contributed by atoms with Crippen LogP contribution in [-0.2, 0) is 0 Å². The monoisotopic (exact) mass is 203 g/mol. The minimum atomic E-state index is -0.508. The summed E-state index contributed by atoms with van der Waals surface area (Å²) in [5.41, 5.74) is 0. The number of hydrogen-bond acceptors (Lipinski definition) is 5. The number of hydrogen-bond donors (Lipinski definition) is 2. The van der Waals surface area contributed by atoms with Crippen molar-refractivity contribution in [2.75, 3.05) is 24.7 Å². The fourth-order valence-electron chi connectivity index (χ4n) is 0.748. The Morgan fingerprint density at radius 3 is 3.08 bits per heavy atom. The fraction of sp³-hybridized carbons (Fsp3) is 0.429. The molecule has 0 saturated heterocycles. The maximum absolute atomic E-state index is 13.0. The fourth-order valence-corrected chi connectivity index (χ4v) is 1.09. The van der Waals surface area contributed by atoms with Gasteiger partial charge in [-0.3, -0.25) is 0 Å². The topological polar surface area (TPSA) is 58.0 Å². The van der Waals surface area contributed by atoms with E-state index in [4.69, 9.17) is 5.11 Å². The van der Waals surface area contributed by atoms with Crippen molar-refractivity contribution in [3.05, 3.63) is 12.0 Å². The van der Waals surface area contributed by atoms with Crippen molar-refractivity contribution >= 4 is 17.6 Å². The summed E-state index contributed by atoms with van der Waals surface area (Å²) in [7, 11) is 0. The van der Waals surface area contributed by atoms with Gasteiger partial charge in [-0.15, -0.1) is 0 Å². The second-order valence-corrected chi connectivity index (χ2v) is 2.98. The third-order valence-corrected chi connectivity index (χ3v) is 1.87. The van der Waals surface area contributed by atoms with Gasteiger partial charge in [-0.2, -0.15) is 0 Å². The number of nitrogens with one attached hydrogen (secondary N) is 1. The number of aliphatic hydroxyl groups excluding tert-OH is 1. The first kappa shape index (κ1) is 10.2. The molecule has 6 heteroatoms. The number of aromatic nitrogens is 2. The van der Waals surface area contributed by atoms with Gasteiger partial charge in [0.25, 0.3) is 0 Å². The maximum Gasteiger partial charge on any atom is 0.189 e. The molecule has 1 aromatic heterocycles. The normalized spacial score (nSPS) is 10.1. The summed E-state index contributed by atoms with van der Waals surface area (Å²) in [6, 6.07) is 0. The van der Waals surface area contributed by atoms with Crippen LogP contribution in [0.25, 0.3) is 0 Å². The minimum absolute atomic E-state index is 0.0575. The lowest BCUT2D eigenvalue weighted by Gasteiger charge is -2.04. The summed E-state index contributed by atoms with van der Waals surface area (Å²) in [5, 5.41) is 11.7. The van der Waals surface area contributed by atoms with E-state index in [1.807, 2.05) is 6.26 Å². The molecular formula is C7H10FN3OS. The zero-order valence-electron chi connectivity index (χ0n) is 7.12. The summed E-state index contributed by atoms with van der Waals surface area (Å²) < 4.78 is 13.0. The average Bonchev–Trinajstić information content (AvgIpc) is 2.17. The summed E-state index contributed by atoms with van der Waals surface area (Å²) in [4.78, 5) is 7.62. The van der Waals surface area contributed by atoms with Crippen LogP contribution in [0.15, 0.2) is 11.4 Å². The second-order valence-electron chi connectivity index (χ2n) is 2.20. The molecule has 0 aromatic carbocycles. The van der Waals surface area contributed by atoms with E-state index in [1.165, 1.54) is 11.8 Å². The number of anilines is 1. The summed E-state index contributed by atoms with van der Waals surface area (Å²) in [6.07, 6.45) is 2.92. The van der Waals surface area contributed by atoms with E-state index in [-0.39, 0.29) is 19.0 Å². The summed E-state index contributed by atoms with van der Waals surface area (Å²) in [5.74, 6) is -0.375. The largest absolute Gasteiger partial charge is 0.395 e. The van der Waals surface area contributed by atoms with Gasteiger partial charge >= 0.3 is 0 Å². The quantitative estimate of drug-likeness (QED) is 0.558. The molecule has 13 heavy (non-hydrogen) atoms. The highest BCUT2D eigenvalue weighted by atomic mass is 32.2. The van der Waals surface area contributed by atoms with Gasteiger partial charge < -0.3 is 10.4 Å². The van der Waals surface area contributed by atoms with Gasteiger partial charge in [0.15, 0.2) is 16.8 Å². The van der Waals surface area contributed by atoms with Gasteiger partial charge in [0.05, 0.1) is 12.8 Å². The van der Waals surface area contributed by atoms with E-state index < -0.39 is 5.82 Å². The van der Waals surface area contributed by atoms with E-state index in [0.29, 0.717) is 5.16 Å². The zero-order chi connectivity index (χ0) is 9.68. The number of rotatable bonds is 4. The number of thioether (sulfide) groups is 1. The van der Waals surface area contributed by atoms with Crippen molar-refractivity contribution in [1.82, 2.24) is 9.97 Å². The Kier molecular flexibility index (Phi) is 3.91. The van der Waals surface area contributed by atoms with Crippen LogP contribution in [-0.4, -0.2) is 34.5 Å². The average molecular weight is 203 g/mol. The molecule has 0 saturated carbocycles. The highest BCUT2D eigenvalue weighted by Gasteiger charge is 2.04. The van der Waals surface area contributed by atoms with Crippen molar-refractivity contribution < 1.29 is 9.50 Å². The SMILES string of the molecule is CSc1ncc(F)c(NCCO)n1. The minimum Gasteiger partial charge on any atom is -0.395 e. The molecule has 1 heterocycles. The molecule has 0 aliphatic carbocycles. The van der Waals surface area contributed by atoms with Gasteiger partial charge in [0, 0.05) is 6.54 Å². The third kappa shape index (κ3) is 2.82. The molecule has 0 bridgehead atoms. The van der Waals surface area contributed by atoms with Crippen molar-refractivity contribution in [2.45, 2.75) is 5.16 Å². The molecule has 0 radical (unpaired) electrons. The molecule has 2 N–H and O–H groups in total. The lowest BCUT2D eigenvalue weighted by atomic mass is 10.5. The van der Waals surface area contributed by atoms with Crippen LogP contribution >= 0.6 is 11.8 Å². The van der Waals surface area contributed by atoms with Crippen LogP contribution in [0, 0.1) is 5.82 Å². The molecule has 1 rings (SSSR count). The predicted octanol–water partition coefficient (Wildman–Crippen LogP) is 0.742. The first-order chi connectivity index (χ1) is 6.27. The predicted molar refractivity (Wildman–Crippen MR) is 49.3 cm³/mol. The molecule has 0 fully saturated rings. The lowest BCUT2D eigenvalue weighted by Crippen LogP contribution is -2.09. The Hall–Kier alpha value is -0.880. The van der Waals surface area contributed by atoms with Crippen molar-refractivity contribution in [3.63, 3.8) is 0 Å². The molecule has 0 aliphatic rings. The Bertz CT molecular complexity index is 284. The van der Waals surface area contributed by atoms with Crippen LogP contribution in [0.5, 0.6) is 0 Å². The first-order valence-electron chi connectivity index (χ1n) is 3.69. The number of aliphatic hydroxyl groups is 1. The third-order valence-electron chi connectivity index (χ3n) is 1.31. The van der Waals surface area contributed by atoms with E-state index in [0.717, 1.165) is 6.20 Å². The van der Waals surface area contributed by atoms with Crippen LogP contribution in [0.4, 0.5) is 10.2 Å². The van der Waals surface area contributed by atoms with Crippen LogP contribution in [0.1, 0.15) is 0 Å². The van der Waals surface area contributed by atoms with E-state index in [9.17, 15) is 4.39 Å².